The molecule has 0 aromatic heterocycles. The van der Waals surface area contributed by atoms with E-state index in [1.807, 2.05) is 13.8 Å². The van der Waals surface area contributed by atoms with Crippen molar-refractivity contribution in [2.45, 2.75) is 32.7 Å². The number of hydrogen-bond donors (Lipinski definition) is 0. The van der Waals surface area contributed by atoms with E-state index >= 15 is 0 Å². The minimum absolute atomic E-state index is 0.0132. The van der Waals surface area contributed by atoms with Gasteiger partial charge in [0.15, 0.2) is 11.6 Å². The standard InChI is InChI=1S/C14H17F2NO/c1-9(2)17(8-10-6-7-10)14(18)11-4-3-5-12(15)13(11)16/h3-5,9-10H,6-8H2,1-2H3. The average Bonchev–Trinajstić information content (AvgIpc) is 3.12. The summed E-state index contributed by atoms with van der Waals surface area (Å²) in [6.45, 7) is 4.40. The van der Waals surface area contributed by atoms with E-state index in [4.69, 9.17) is 0 Å². The summed E-state index contributed by atoms with van der Waals surface area (Å²) in [6.07, 6.45) is 2.23. The van der Waals surface area contributed by atoms with Crippen LogP contribution >= 0.6 is 0 Å². The van der Waals surface area contributed by atoms with Gasteiger partial charge in [-0.25, -0.2) is 8.78 Å². The second kappa shape index (κ2) is 5.04. The molecule has 1 fully saturated rings. The molecule has 98 valence electrons. The Kier molecular flexibility index (Phi) is 3.64. The van der Waals surface area contributed by atoms with Crippen LogP contribution in [-0.4, -0.2) is 23.4 Å². The molecule has 0 unspecified atom stereocenters. The number of carbonyl (C=O) groups is 1. The first-order valence-corrected chi connectivity index (χ1v) is 6.25. The molecule has 0 bridgehead atoms. The third-order valence-electron chi connectivity index (χ3n) is 3.22. The maximum atomic E-state index is 13.6. The maximum Gasteiger partial charge on any atom is 0.257 e. The van der Waals surface area contributed by atoms with Gasteiger partial charge in [0.05, 0.1) is 5.56 Å². The largest absolute Gasteiger partial charge is 0.336 e. The predicted octanol–water partition coefficient (Wildman–Crippen LogP) is 3.23. The quantitative estimate of drug-likeness (QED) is 0.806. The third-order valence-corrected chi connectivity index (χ3v) is 3.22. The summed E-state index contributed by atoms with van der Waals surface area (Å²) < 4.78 is 26.7. The van der Waals surface area contributed by atoms with Crippen molar-refractivity contribution in [3.8, 4) is 0 Å². The fraction of sp³-hybridized carbons (Fsp3) is 0.500. The van der Waals surface area contributed by atoms with Gasteiger partial charge in [-0.05, 0) is 44.7 Å². The normalized spacial score (nSPS) is 14.9. The first kappa shape index (κ1) is 13.0. The summed E-state index contributed by atoms with van der Waals surface area (Å²) in [5.41, 5.74) is -0.177. The van der Waals surface area contributed by atoms with Crippen LogP contribution in [-0.2, 0) is 0 Å². The summed E-state index contributed by atoms with van der Waals surface area (Å²) in [4.78, 5) is 13.9. The zero-order valence-corrected chi connectivity index (χ0v) is 10.6. The molecule has 1 aliphatic rings. The Balaban J connectivity index is 2.23. The summed E-state index contributed by atoms with van der Waals surface area (Å²) in [5.74, 6) is -1.93. The van der Waals surface area contributed by atoms with Crippen molar-refractivity contribution in [3.63, 3.8) is 0 Å². The molecule has 1 aliphatic carbocycles. The van der Waals surface area contributed by atoms with Gasteiger partial charge in [0, 0.05) is 12.6 Å². The molecule has 0 aliphatic heterocycles. The van der Waals surface area contributed by atoms with E-state index in [0.717, 1.165) is 18.9 Å². The van der Waals surface area contributed by atoms with Gasteiger partial charge < -0.3 is 4.90 Å². The minimum Gasteiger partial charge on any atom is -0.336 e. The molecule has 1 saturated carbocycles. The SMILES string of the molecule is CC(C)N(CC1CC1)C(=O)c1cccc(F)c1F. The zero-order chi connectivity index (χ0) is 13.3. The molecular weight excluding hydrogens is 236 g/mol. The van der Waals surface area contributed by atoms with Crippen LogP contribution in [0.3, 0.4) is 0 Å². The van der Waals surface area contributed by atoms with E-state index in [-0.39, 0.29) is 11.6 Å². The molecule has 18 heavy (non-hydrogen) atoms. The smallest absolute Gasteiger partial charge is 0.257 e. The van der Waals surface area contributed by atoms with Gasteiger partial charge in [0.25, 0.3) is 5.91 Å². The highest BCUT2D eigenvalue weighted by Crippen LogP contribution is 2.31. The van der Waals surface area contributed by atoms with Crippen LogP contribution < -0.4 is 0 Å². The highest BCUT2D eigenvalue weighted by atomic mass is 19.2. The molecule has 0 N–H and O–H groups in total. The molecule has 0 atom stereocenters. The Morgan fingerprint density at radius 2 is 2.06 bits per heavy atom. The zero-order valence-electron chi connectivity index (χ0n) is 10.6. The van der Waals surface area contributed by atoms with Gasteiger partial charge in [0.2, 0.25) is 0 Å². The van der Waals surface area contributed by atoms with Crippen molar-refractivity contribution in [1.82, 2.24) is 4.90 Å². The van der Waals surface area contributed by atoms with E-state index < -0.39 is 17.5 Å². The van der Waals surface area contributed by atoms with Crippen molar-refractivity contribution in [1.29, 1.82) is 0 Å². The molecule has 0 saturated heterocycles. The number of hydrogen-bond acceptors (Lipinski definition) is 1. The number of halogens is 2. The molecule has 1 aromatic rings. The fourth-order valence-electron chi connectivity index (χ4n) is 1.93. The Bertz CT molecular complexity index is 455. The Hall–Kier alpha value is -1.45. The molecule has 0 heterocycles. The van der Waals surface area contributed by atoms with E-state index in [1.165, 1.54) is 12.1 Å². The van der Waals surface area contributed by atoms with E-state index in [9.17, 15) is 13.6 Å². The first-order chi connectivity index (χ1) is 8.50. The van der Waals surface area contributed by atoms with Crippen LogP contribution in [0.1, 0.15) is 37.0 Å². The van der Waals surface area contributed by atoms with Gasteiger partial charge in [-0.15, -0.1) is 0 Å². The van der Waals surface area contributed by atoms with Crippen molar-refractivity contribution in [2.24, 2.45) is 5.92 Å². The van der Waals surface area contributed by atoms with Crippen molar-refractivity contribution in [2.75, 3.05) is 6.54 Å². The lowest BCUT2D eigenvalue weighted by Crippen LogP contribution is -2.39. The van der Waals surface area contributed by atoms with Crippen molar-refractivity contribution in [3.05, 3.63) is 35.4 Å². The average molecular weight is 253 g/mol. The lowest BCUT2D eigenvalue weighted by Gasteiger charge is -2.27. The molecule has 4 heteroatoms. The molecule has 2 nitrogen and oxygen atoms in total. The predicted molar refractivity (Wildman–Crippen MR) is 65.3 cm³/mol. The fourth-order valence-corrected chi connectivity index (χ4v) is 1.93. The first-order valence-electron chi connectivity index (χ1n) is 6.25. The second-order valence-electron chi connectivity index (χ2n) is 5.10. The summed E-state index contributed by atoms with van der Waals surface area (Å²) in [5, 5.41) is 0. The van der Waals surface area contributed by atoms with Crippen LogP contribution in [0.2, 0.25) is 0 Å². The van der Waals surface area contributed by atoms with Crippen LogP contribution in [0.15, 0.2) is 18.2 Å². The van der Waals surface area contributed by atoms with Gasteiger partial charge in [-0.1, -0.05) is 6.07 Å². The molecule has 2 rings (SSSR count). The summed E-state index contributed by atoms with van der Waals surface area (Å²) in [7, 11) is 0. The molecule has 0 spiro atoms. The topological polar surface area (TPSA) is 20.3 Å². The molecule has 0 radical (unpaired) electrons. The van der Waals surface area contributed by atoms with Crippen molar-refractivity contribution < 1.29 is 13.6 Å². The minimum atomic E-state index is -1.05. The summed E-state index contributed by atoms with van der Waals surface area (Å²) >= 11 is 0. The van der Waals surface area contributed by atoms with Crippen molar-refractivity contribution >= 4 is 5.91 Å². The monoisotopic (exact) mass is 253 g/mol. The highest BCUT2D eigenvalue weighted by molar-refractivity contribution is 5.94. The van der Waals surface area contributed by atoms with Crippen LogP contribution in [0.4, 0.5) is 8.78 Å². The Morgan fingerprint density at radius 3 is 2.61 bits per heavy atom. The van der Waals surface area contributed by atoms with Gasteiger partial charge in [-0.2, -0.15) is 0 Å². The second-order valence-corrected chi connectivity index (χ2v) is 5.10. The van der Waals surface area contributed by atoms with Gasteiger partial charge >= 0.3 is 0 Å². The number of benzene rings is 1. The lowest BCUT2D eigenvalue weighted by atomic mass is 10.1. The lowest BCUT2D eigenvalue weighted by molar-refractivity contribution is 0.0690. The number of rotatable bonds is 4. The van der Waals surface area contributed by atoms with Crippen LogP contribution in [0, 0.1) is 17.6 Å². The van der Waals surface area contributed by atoms with Gasteiger partial charge in [-0.3, -0.25) is 4.79 Å². The van der Waals surface area contributed by atoms with E-state index in [2.05, 4.69) is 0 Å². The van der Waals surface area contributed by atoms with E-state index in [0.29, 0.717) is 12.5 Å². The van der Waals surface area contributed by atoms with Crippen LogP contribution in [0.25, 0.3) is 0 Å². The number of nitrogens with zero attached hydrogens (tertiary/aromatic N) is 1. The molecule has 1 aromatic carbocycles. The van der Waals surface area contributed by atoms with Crippen LogP contribution in [0.5, 0.6) is 0 Å². The Morgan fingerprint density at radius 1 is 1.39 bits per heavy atom. The number of amides is 1. The number of carbonyl (C=O) groups excluding carboxylic acids is 1. The molecular formula is C14H17F2NO. The molecule has 1 amide bonds. The maximum absolute atomic E-state index is 13.6. The van der Waals surface area contributed by atoms with Gasteiger partial charge in [0.1, 0.15) is 0 Å². The third kappa shape index (κ3) is 2.68. The Labute approximate surface area is 106 Å². The summed E-state index contributed by atoms with van der Waals surface area (Å²) in [6, 6.07) is 3.71. The highest BCUT2D eigenvalue weighted by Gasteiger charge is 2.30. The van der Waals surface area contributed by atoms with E-state index in [1.54, 1.807) is 4.90 Å².